The topological polar surface area (TPSA) is 83.2 Å². The molecule has 1 aromatic carbocycles. The zero-order chi connectivity index (χ0) is 17.7. The van der Waals surface area contributed by atoms with E-state index < -0.39 is 28.8 Å². The summed E-state index contributed by atoms with van der Waals surface area (Å²) in [5.41, 5.74) is 0.321. The van der Waals surface area contributed by atoms with Crippen LogP contribution in [-0.2, 0) is 4.84 Å². The Balaban J connectivity index is 2.43. The first-order valence-electron chi connectivity index (χ1n) is 6.91. The highest BCUT2D eigenvalue weighted by atomic mass is 32.2. The van der Waals surface area contributed by atoms with Gasteiger partial charge in [-0.1, -0.05) is 0 Å². The van der Waals surface area contributed by atoms with Crippen LogP contribution in [0.25, 0.3) is 0 Å². The third-order valence-corrected chi connectivity index (χ3v) is 3.75. The summed E-state index contributed by atoms with van der Waals surface area (Å²) in [6.45, 7) is 1.85. The van der Waals surface area contributed by atoms with Gasteiger partial charge in [-0.2, -0.15) is 4.39 Å². The van der Waals surface area contributed by atoms with Crippen molar-refractivity contribution in [1.29, 1.82) is 0 Å². The van der Waals surface area contributed by atoms with E-state index in [4.69, 9.17) is 4.84 Å². The lowest BCUT2D eigenvalue weighted by molar-refractivity contribution is 0.0364. The van der Waals surface area contributed by atoms with Crippen molar-refractivity contribution in [2.45, 2.75) is 11.8 Å². The van der Waals surface area contributed by atoms with Crippen LogP contribution in [0.3, 0.4) is 0 Å². The number of pyridine rings is 1. The lowest BCUT2D eigenvalue weighted by Crippen LogP contribution is -2.27. The van der Waals surface area contributed by atoms with Gasteiger partial charge < -0.3 is 10.3 Å². The van der Waals surface area contributed by atoms with E-state index in [9.17, 15) is 18.4 Å². The average Bonchev–Trinajstić information content (AvgIpc) is 2.58. The molecular weight excluding hydrogens is 340 g/mol. The van der Waals surface area contributed by atoms with Gasteiger partial charge in [0.2, 0.25) is 5.82 Å². The van der Waals surface area contributed by atoms with E-state index in [1.54, 1.807) is 19.2 Å². The molecule has 0 aliphatic carbocycles. The summed E-state index contributed by atoms with van der Waals surface area (Å²) >= 11 is 1.34. The molecule has 2 aromatic rings. The number of carbonyl (C=O) groups is 1. The van der Waals surface area contributed by atoms with Gasteiger partial charge >= 0.3 is 0 Å². The standard InChI is InChI=1S/C15H15F2N3O3S/c1-3-23-20-14(21)9-7-18-15(22)12(17)13(9)19-11-5-4-8(24-2)6-10(11)16/h4-7H,3H2,1-2H3,(H,20,21)(H2,18,19,22). The van der Waals surface area contributed by atoms with Crippen molar-refractivity contribution < 1.29 is 18.4 Å². The summed E-state index contributed by atoms with van der Waals surface area (Å²) in [4.78, 5) is 31.0. The monoisotopic (exact) mass is 355 g/mol. The van der Waals surface area contributed by atoms with Gasteiger partial charge in [-0.05, 0) is 31.4 Å². The summed E-state index contributed by atoms with van der Waals surface area (Å²) in [6, 6.07) is 4.28. The summed E-state index contributed by atoms with van der Waals surface area (Å²) < 4.78 is 28.2. The number of halogens is 2. The fraction of sp³-hybridized carbons (Fsp3) is 0.200. The van der Waals surface area contributed by atoms with Gasteiger partial charge in [0.15, 0.2) is 0 Å². The molecule has 0 saturated heterocycles. The molecule has 0 unspecified atom stereocenters. The smallest absolute Gasteiger partial charge is 0.286 e. The van der Waals surface area contributed by atoms with E-state index >= 15 is 0 Å². The Hall–Kier alpha value is -2.39. The highest BCUT2D eigenvalue weighted by molar-refractivity contribution is 7.98. The molecule has 1 amide bonds. The first kappa shape index (κ1) is 18.0. The fourth-order valence-electron chi connectivity index (χ4n) is 1.86. The number of anilines is 2. The molecule has 9 heteroatoms. The van der Waals surface area contributed by atoms with Crippen molar-refractivity contribution in [3.05, 3.63) is 51.9 Å². The largest absolute Gasteiger partial charge is 0.350 e. The lowest BCUT2D eigenvalue weighted by atomic mass is 10.2. The van der Waals surface area contributed by atoms with E-state index in [0.29, 0.717) is 4.90 Å². The quantitative estimate of drug-likeness (QED) is 0.548. The fourth-order valence-corrected chi connectivity index (χ4v) is 2.28. The number of aromatic amines is 1. The number of aromatic nitrogens is 1. The molecule has 128 valence electrons. The number of carbonyl (C=O) groups excluding carboxylic acids is 1. The molecule has 1 aromatic heterocycles. The van der Waals surface area contributed by atoms with Crippen LogP contribution in [0.1, 0.15) is 17.3 Å². The minimum Gasteiger partial charge on any atom is -0.350 e. The van der Waals surface area contributed by atoms with Gasteiger partial charge in [0, 0.05) is 11.1 Å². The van der Waals surface area contributed by atoms with Crippen LogP contribution in [0.4, 0.5) is 20.2 Å². The van der Waals surface area contributed by atoms with E-state index in [2.05, 4.69) is 15.8 Å². The van der Waals surface area contributed by atoms with Crippen LogP contribution in [0.2, 0.25) is 0 Å². The Kier molecular flexibility index (Phi) is 5.93. The van der Waals surface area contributed by atoms with Crippen LogP contribution in [0.5, 0.6) is 0 Å². The highest BCUT2D eigenvalue weighted by Crippen LogP contribution is 2.27. The molecule has 1 heterocycles. The Morgan fingerprint density at radius 2 is 2.12 bits per heavy atom. The summed E-state index contributed by atoms with van der Waals surface area (Å²) in [5.74, 6) is -2.65. The molecule has 0 aliphatic heterocycles. The Morgan fingerprint density at radius 1 is 1.38 bits per heavy atom. The second-order valence-electron chi connectivity index (χ2n) is 4.56. The first-order valence-corrected chi connectivity index (χ1v) is 8.14. The number of rotatable bonds is 6. The Morgan fingerprint density at radius 3 is 2.75 bits per heavy atom. The predicted octanol–water partition coefficient (Wildman–Crippen LogP) is 2.80. The molecule has 6 nitrogen and oxygen atoms in total. The molecule has 24 heavy (non-hydrogen) atoms. The second kappa shape index (κ2) is 7.93. The molecule has 0 saturated carbocycles. The normalized spacial score (nSPS) is 10.5. The molecule has 3 N–H and O–H groups in total. The van der Waals surface area contributed by atoms with Gasteiger partial charge in [0.25, 0.3) is 11.5 Å². The van der Waals surface area contributed by atoms with Gasteiger partial charge in [0.05, 0.1) is 23.5 Å². The lowest BCUT2D eigenvalue weighted by Gasteiger charge is -2.13. The van der Waals surface area contributed by atoms with Gasteiger partial charge in [-0.3, -0.25) is 14.4 Å². The van der Waals surface area contributed by atoms with Gasteiger partial charge in [-0.15, -0.1) is 11.8 Å². The maximum atomic E-state index is 14.2. The third kappa shape index (κ3) is 3.92. The second-order valence-corrected chi connectivity index (χ2v) is 5.44. The molecule has 0 fully saturated rings. The van der Waals surface area contributed by atoms with E-state index in [0.717, 1.165) is 6.20 Å². The van der Waals surface area contributed by atoms with Crippen LogP contribution in [0.15, 0.2) is 34.1 Å². The van der Waals surface area contributed by atoms with Crippen molar-refractivity contribution in [2.24, 2.45) is 0 Å². The number of H-pyrrole nitrogens is 1. The van der Waals surface area contributed by atoms with Gasteiger partial charge in [-0.25, -0.2) is 9.87 Å². The van der Waals surface area contributed by atoms with E-state index in [1.165, 1.54) is 23.9 Å². The highest BCUT2D eigenvalue weighted by Gasteiger charge is 2.19. The Labute approximate surface area is 140 Å². The molecular formula is C15H15F2N3O3S. The maximum absolute atomic E-state index is 14.2. The summed E-state index contributed by atoms with van der Waals surface area (Å²) in [7, 11) is 0. The number of hydroxylamine groups is 1. The van der Waals surface area contributed by atoms with E-state index in [1.807, 2.05) is 0 Å². The Bertz CT molecular complexity index is 811. The van der Waals surface area contributed by atoms with Crippen molar-refractivity contribution in [2.75, 3.05) is 18.2 Å². The number of hydrogen-bond acceptors (Lipinski definition) is 5. The van der Waals surface area contributed by atoms with Crippen LogP contribution in [-0.4, -0.2) is 23.8 Å². The molecule has 0 atom stereocenters. The molecule has 2 rings (SSSR count). The number of nitrogens with one attached hydrogen (secondary N) is 3. The minimum atomic E-state index is -1.23. The predicted molar refractivity (Wildman–Crippen MR) is 87.6 cm³/mol. The number of thioether (sulfide) groups is 1. The van der Waals surface area contributed by atoms with Crippen LogP contribution >= 0.6 is 11.8 Å². The zero-order valence-corrected chi connectivity index (χ0v) is 13.7. The van der Waals surface area contributed by atoms with E-state index in [-0.39, 0.29) is 17.9 Å². The van der Waals surface area contributed by atoms with Crippen LogP contribution in [0, 0.1) is 11.6 Å². The minimum absolute atomic E-state index is 0.0669. The summed E-state index contributed by atoms with van der Waals surface area (Å²) in [6.07, 6.45) is 2.81. The number of hydrogen-bond donors (Lipinski definition) is 3. The zero-order valence-electron chi connectivity index (χ0n) is 12.9. The molecule has 0 bridgehead atoms. The molecule has 0 radical (unpaired) electrons. The number of benzene rings is 1. The van der Waals surface area contributed by atoms with Crippen molar-refractivity contribution in [3.63, 3.8) is 0 Å². The van der Waals surface area contributed by atoms with Crippen molar-refractivity contribution >= 4 is 29.0 Å². The average molecular weight is 355 g/mol. The van der Waals surface area contributed by atoms with Crippen LogP contribution < -0.4 is 16.4 Å². The first-order chi connectivity index (χ1) is 11.5. The third-order valence-electron chi connectivity index (χ3n) is 3.03. The van der Waals surface area contributed by atoms with Crippen molar-refractivity contribution in [1.82, 2.24) is 10.5 Å². The SMILES string of the molecule is CCONC(=O)c1c[nH]c(=O)c(F)c1Nc1ccc(SC)cc1F. The maximum Gasteiger partial charge on any atom is 0.286 e. The van der Waals surface area contributed by atoms with Gasteiger partial charge in [0.1, 0.15) is 5.82 Å². The molecule has 0 spiro atoms. The summed E-state index contributed by atoms with van der Waals surface area (Å²) in [5, 5.41) is 2.46. The van der Waals surface area contributed by atoms with Crippen molar-refractivity contribution in [3.8, 4) is 0 Å². The molecule has 0 aliphatic rings. The number of amides is 1.